The summed E-state index contributed by atoms with van der Waals surface area (Å²) in [5.41, 5.74) is 0.797. The van der Waals surface area contributed by atoms with E-state index in [9.17, 15) is 14.0 Å². The number of rotatable bonds is 9. The summed E-state index contributed by atoms with van der Waals surface area (Å²) in [5, 5.41) is 5.26. The minimum atomic E-state index is -0.621. The van der Waals surface area contributed by atoms with Crippen LogP contribution in [0.15, 0.2) is 42.9 Å². The summed E-state index contributed by atoms with van der Waals surface area (Å²) in [6.45, 7) is 3.76. The second kappa shape index (κ2) is 9.47. The van der Waals surface area contributed by atoms with Gasteiger partial charge in [0.1, 0.15) is 17.4 Å². The zero-order chi connectivity index (χ0) is 20.8. The van der Waals surface area contributed by atoms with E-state index < -0.39 is 5.82 Å². The number of hydrogen-bond donors (Lipinski definition) is 2. The molecule has 1 fully saturated rings. The van der Waals surface area contributed by atoms with Crippen molar-refractivity contribution in [3.63, 3.8) is 0 Å². The van der Waals surface area contributed by atoms with Gasteiger partial charge >= 0.3 is 0 Å². The first-order chi connectivity index (χ1) is 13.9. The summed E-state index contributed by atoms with van der Waals surface area (Å²) in [5.74, 6) is 0.0400. The molecule has 1 aromatic carbocycles. The topological polar surface area (TPSA) is 93.2 Å². The molecule has 0 atom stereocenters. The van der Waals surface area contributed by atoms with Crippen molar-refractivity contribution in [1.82, 2.24) is 20.6 Å². The number of halogens is 2. The number of amides is 2. The van der Waals surface area contributed by atoms with E-state index in [-0.39, 0.29) is 35.7 Å². The van der Waals surface area contributed by atoms with Crippen LogP contribution >= 0.6 is 11.6 Å². The Morgan fingerprint density at radius 3 is 2.66 bits per heavy atom. The Labute approximate surface area is 172 Å². The molecule has 1 aliphatic carbocycles. The van der Waals surface area contributed by atoms with Crippen molar-refractivity contribution in [3.8, 4) is 5.75 Å². The quantitative estimate of drug-likeness (QED) is 0.653. The summed E-state index contributed by atoms with van der Waals surface area (Å²) < 4.78 is 18.5. The molecule has 3 rings (SSSR count). The molecule has 1 heterocycles. The Balaban J connectivity index is 1.34. The first-order valence-corrected chi connectivity index (χ1v) is 9.46. The van der Waals surface area contributed by atoms with Crippen molar-refractivity contribution < 1.29 is 18.7 Å². The van der Waals surface area contributed by atoms with E-state index in [1.165, 1.54) is 24.5 Å². The smallest absolute Gasteiger partial charge is 0.258 e. The first-order valence-electron chi connectivity index (χ1n) is 9.08. The van der Waals surface area contributed by atoms with E-state index in [1.54, 1.807) is 0 Å². The standard InChI is InChI=1S/C20H20ClFN4O3/c1-12(26-20(28)14-9-24-19(25-10-14)13-2-3-13)6-7-23-18(27)11-29-15-4-5-16(21)17(22)8-15/h4-5,8-10,13H,1-3,6-7,11H2,(H,23,27)(H,26,28). The molecule has 0 radical (unpaired) electrons. The van der Waals surface area contributed by atoms with E-state index in [0.29, 0.717) is 23.6 Å². The molecule has 1 aromatic heterocycles. The van der Waals surface area contributed by atoms with Gasteiger partial charge in [-0.3, -0.25) is 9.59 Å². The maximum absolute atomic E-state index is 13.3. The van der Waals surface area contributed by atoms with Gasteiger partial charge < -0.3 is 15.4 Å². The molecule has 0 saturated heterocycles. The summed E-state index contributed by atoms with van der Waals surface area (Å²) in [6, 6.07) is 3.92. The van der Waals surface area contributed by atoms with Gasteiger partial charge in [0.2, 0.25) is 0 Å². The summed E-state index contributed by atoms with van der Waals surface area (Å²) in [6.07, 6.45) is 5.53. The number of ether oxygens (including phenoxy) is 1. The predicted octanol–water partition coefficient (Wildman–Crippen LogP) is 2.98. The van der Waals surface area contributed by atoms with Crippen LogP contribution in [0.1, 0.15) is 41.4 Å². The van der Waals surface area contributed by atoms with Gasteiger partial charge in [-0.2, -0.15) is 0 Å². The van der Waals surface area contributed by atoms with Crippen molar-refractivity contribution in [1.29, 1.82) is 0 Å². The SMILES string of the molecule is C=C(CCNC(=O)COc1ccc(Cl)c(F)c1)NC(=O)c1cnc(C2CC2)nc1. The van der Waals surface area contributed by atoms with Crippen molar-refractivity contribution in [2.45, 2.75) is 25.2 Å². The fourth-order valence-corrected chi connectivity index (χ4v) is 2.54. The average Bonchev–Trinajstić information content (AvgIpc) is 3.54. The second-order valence-electron chi connectivity index (χ2n) is 6.63. The monoisotopic (exact) mass is 418 g/mol. The highest BCUT2D eigenvalue weighted by Crippen LogP contribution is 2.37. The van der Waals surface area contributed by atoms with Crippen LogP contribution in [0.2, 0.25) is 5.02 Å². The Hall–Kier alpha value is -3.00. The Kier molecular flexibility index (Phi) is 6.77. The lowest BCUT2D eigenvalue weighted by molar-refractivity contribution is -0.123. The predicted molar refractivity (Wildman–Crippen MR) is 105 cm³/mol. The molecular weight excluding hydrogens is 399 g/mol. The van der Waals surface area contributed by atoms with Crippen LogP contribution in [-0.2, 0) is 4.79 Å². The maximum atomic E-state index is 13.3. The highest BCUT2D eigenvalue weighted by Gasteiger charge is 2.26. The van der Waals surface area contributed by atoms with Crippen LogP contribution in [0.5, 0.6) is 5.75 Å². The van der Waals surface area contributed by atoms with Gasteiger partial charge in [0.25, 0.3) is 11.8 Å². The number of aromatic nitrogens is 2. The summed E-state index contributed by atoms with van der Waals surface area (Å²) in [4.78, 5) is 32.4. The van der Waals surface area contributed by atoms with Gasteiger partial charge in [0.15, 0.2) is 6.61 Å². The maximum Gasteiger partial charge on any atom is 0.258 e. The lowest BCUT2D eigenvalue weighted by Gasteiger charge is -2.10. The highest BCUT2D eigenvalue weighted by molar-refractivity contribution is 6.30. The highest BCUT2D eigenvalue weighted by atomic mass is 35.5. The van der Waals surface area contributed by atoms with Gasteiger partial charge in [-0.1, -0.05) is 18.2 Å². The molecule has 0 unspecified atom stereocenters. The van der Waals surface area contributed by atoms with Gasteiger partial charge in [0.05, 0.1) is 10.6 Å². The Morgan fingerprint density at radius 2 is 2.00 bits per heavy atom. The van der Waals surface area contributed by atoms with Crippen molar-refractivity contribution in [3.05, 3.63) is 65.1 Å². The molecule has 2 amide bonds. The van der Waals surface area contributed by atoms with Crippen LogP contribution in [0.4, 0.5) is 4.39 Å². The largest absolute Gasteiger partial charge is 0.484 e. The van der Waals surface area contributed by atoms with Crippen LogP contribution in [0.25, 0.3) is 0 Å². The Morgan fingerprint density at radius 1 is 1.28 bits per heavy atom. The third kappa shape index (κ3) is 6.25. The van der Waals surface area contributed by atoms with Crippen LogP contribution in [0, 0.1) is 5.82 Å². The number of carbonyl (C=O) groups excluding carboxylic acids is 2. The average molecular weight is 419 g/mol. The van der Waals surface area contributed by atoms with Gasteiger partial charge in [-0.25, -0.2) is 14.4 Å². The fraction of sp³-hybridized carbons (Fsp3) is 0.300. The molecule has 9 heteroatoms. The van der Waals surface area contributed by atoms with Gasteiger partial charge in [-0.15, -0.1) is 0 Å². The Bertz CT molecular complexity index is 916. The minimum Gasteiger partial charge on any atom is -0.484 e. The summed E-state index contributed by atoms with van der Waals surface area (Å²) >= 11 is 5.58. The van der Waals surface area contributed by atoms with Gasteiger partial charge in [-0.05, 0) is 25.0 Å². The number of nitrogens with zero attached hydrogens (tertiary/aromatic N) is 2. The molecule has 1 aliphatic rings. The normalized spacial score (nSPS) is 12.9. The van der Waals surface area contributed by atoms with Gasteiger partial charge in [0, 0.05) is 43.0 Å². The molecule has 0 spiro atoms. The fourth-order valence-electron chi connectivity index (χ4n) is 2.42. The molecule has 1 saturated carbocycles. The lowest BCUT2D eigenvalue weighted by Crippen LogP contribution is -2.31. The molecule has 2 N–H and O–H groups in total. The molecular formula is C20H20ClFN4O3. The lowest BCUT2D eigenvalue weighted by atomic mass is 10.2. The van der Waals surface area contributed by atoms with Crippen molar-refractivity contribution in [2.24, 2.45) is 0 Å². The first kappa shape index (κ1) is 20.7. The van der Waals surface area contributed by atoms with Crippen molar-refractivity contribution >= 4 is 23.4 Å². The van der Waals surface area contributed by atoms with E-state index in [0.717, 1.165) is 24.7 Å². The van der Waals surface area contributed by atoms with Crippen LogP contribution in [0.3, 0.4) is 0 Å². The van der Waals surface area contributed by atoms with E-state index in [4.69, 9.17) is 16.3 Å². The third-order valence-corrected chi connectivity index (χ3v) is 4.48. The van der Waals surface area contributed by atoms with Crippen LogP contribution < -0.4 is 15.4 Å². The third-order valence-electron chi connectivity index (χ3n) is 4.18. The molecule has 7 nitrogen and oxygen atoms in total. The number of carbonyl (C=O) groups is 2. The molecule has 152 valence electrons. The number of hydrogen-bond acceptors (Lipinski definition) is 5. The zero-order valence-corrected chi connectivity index (χ0v) is 16.3. The molecule has 0 bridgehead atoms. The number of nitrogens with one attached hydrogen (secondary N) is 2. The summed E-state index contributed by atoms with van der Waals surface area (Å²) in [7, 11) is 0. The van der Waals surface area contributed by atoms with E-state index in [2.05, 4.69) is 27.2 Å². The molecule has 2 aromatic rings. The van der Waals surface area contributed by atoms with E-state index in [1.807, 2.05) is 0 Å². The molecule has 29 heavy (non-hydrogen) atoms. The minimum absolute atomic E-state index is 0.0206. The van der Waals surface area contributed by atoms with Crippen molar-refractivity contribution in [2.75, 3.05) is 13.2 Å². The number of benzene rings is 1. The van der Waals surface area contributed by atoms with E-state index >= 15 is 0 Å². The second-order valence-corrected chi connectivity index (χ2v) is 7.03. The molecule has 0 aliphatic heterocycles. The van der Waals surface area contributed by atoms with Crippen LogP contribution in [-0.4, -0.2) is 34.9 Å². The zero-order valence-electron chi connectivity index (χ0n) is 15.6.